The van der Waals surface area contributed by atoms with Crippen molar-refractivity contribution in [1.29, 1.82) is 0 Å². The fourth-order valence-electron chi connectivity index (χ4n) is 2.06. The first-order chi connectivity index (χ1) is 9.88. The lowest BCUT2D eigenvalue weighted by Gasteiger charge is -2.41. The zero-order valence-electron chi connectivity index (χ0n) is 11.1. The Morgan fingerprint density at radius 1 is 1.00 bits per heavy atom. The van der Waals surface area contributed by atoms with Crippen LogP contribution in [0.5, 0.6) is 5.75 Å². The van der Waals surface area contributed by atoms with Gasteiger partial charge in [-0.1, -0.05) is 6.92 Å². The molecular weight excluding hydrogens is 297 g/mol. The molecule has 3 nitrogen and oxygen atoms in total. The van der Waals surface area contributed by atoms with Crippen molar-refractivity contribution >= 4 is 0 Å². The molecule has 0 saturated heterocycles. The van der Waals surface area contributed by atoms with E-state index in [1.54, 1.807) is 0 Å². The van der Waals surface area contributed by atoms with Crippen LogP contribution in [0.1, 0.15) is 19.8 Å². The fraction of sp³-hybridized carbons (Fsp3) is 0.538. The Hall–Kier alpha value is -1.41. The van der Waals surface area contributed by atoms with Crippen molar-refractivity contribution < 1.29 is 31.4 Å². The van der Waals surface area contributed by atoms with E-state index in [2.05, 4.69) is 0 Å². The maximum atomic E-state index is 13.5. The summed E-state index contributed by atoms with van der Waals surface area (Å²) in [5.74, 6) is -11.6. The summed E-state index contributed by atoms with van der Waals surface area (Å²) in [6, 6.07) is -0.400. The van der Waals surface area contributed by atoms with E-state index in [0.29, 0.717) is 13.0 Å². The van der Waals surface area contributed by atoms with Gasteiger partial charge in [-0.3, -0.25) is 0 Å². The maximum absolute atomic E-state index is 13.5. The van der Waals surface area contributed by atoms with Gasteiger partial charge in [0, 0.05) is 19.1 Å². The van der Waals surface area contributed by atoms with Crippen LogP contribution in [0.2, 0.25) is 0 Å². The predicted octanol–water partition coefficient (Wildman–Crippen LogP) is 2.66. The highest BCUT2D eigenvalue weighted by atomic mass is 19.2. The molecule has 0 aliphatic heterocycles. The lowest BCUT2D eigenvalue weighted by molar-refractivity contribution is -0.100. The standard InChI is InChI=1S/C13H14F5NO2/c1-2-3-20-12-5(19)4-6(12)21-13-10(17)8(15)7(14)9(16)11(13)18/h5-6,12H,2-4,19H2,1H3. The molecule has 2 rings (SSSR count). The average molecular weight is 311 g/mol. The second kappa shape index (κ2) is 6.15. The fourth-order valence-corrected chi connectivity index (χ4v) is 2.06. The molecule has 1 aliphatic carbocycles. The van der Waals surface area contributed by atoms with E-state index < -0.39 is 53.1 Å². The van der Waals surface area contributed by atoms with Crippen LogP contribution in [0.4, 0.5) is 22.0 Å². The van der Waals surface area contributed by atoms with Gasteiger partial charge in [-0.05, 0) is 6.42 Å². The highest BCUT2D eigenvalue weighted by molar-refractivity contribution is 5.30. The van der Waals surface area contributed by atoms with Crippen LogP contribution in [0, 0.1) is 29.1 Å². The molecule has 0 spiro atoms. The summed E-state index contributed by atoms with van der Waals surface area (Å²) in [6.07, 6.45) is -0.591. The molecular formula is C13H14F5NO2. The van der Waals surface area contributed by atoms with E-state index >= 15 is 0 Å². The molecule has 21 heavy (non-hydrogen) atoms. The first kappa shape index (κ1) is 16.0. The van der Waals surface area contributed by atoms with E-state index in [0.717, 1.165) is 0 Å². The summed E-state index contributed by atoms with van der Waals surface area (Å²) in [4.78, 5) is 0. The lowest BCUT2D eigenvalue weighted by atomic mass is 9.86. The van der Waals surface area contributed by atoms with Gasteiger partial charge in [0.05, 0.1) is 0 Å². The number of halogens is 5. The van der Waals surface area contributed by atoms with Gasteiger partial charge in [-0.15, -0.1) is 0 Å². The third-order valence-electron chi connectivity index (χ3n) is 3.25. The van der Waals surface area contributed by atoms with E-state index in [1.807, 2.05) is 6.92 Å². The van der Waals surface area contributed by atoms with Crippen LogP contribution in [-0.4, -0.2) is 24.9 Å². The molecule has 0 amide bonds. The van der Waals surface area contributed by atoms with Crippen molar-refractivity contribution in [1.82, 2.24) is 0 Å². The zero-order chi connectivity index (χ0) is 15.7. The Balaban J connectivity index is 2.21. The smallest absolute Gasteiger partial charge is 0.207 e. The van der Waals surface area contributed by atoms with Crippen molar-refractivity contribution in [2.24, 2.45) is 5.73 Å². The number of hydrogen-bond acceptors (Lipinski definition) is 3. The first-order valence-corrected chi connectivity index (χ1v) is 6.43. The molecule has 1 aromatic rings. The summed E-state index contributed by atoms with van der Waals surface area (Å²) in [5, 5.41) is 0. The van der Waals surface area contributed by atoms with E-state index in [-0.39, 0.29) is 6.42 Å². The molecule has 0 radical (unpaired) electrons. The van der Waals surface area contributed by atoms with E-state index in [9.17, 15) is 22.0 Å². The van der Waals surface area contributed by atoms with E-state index in [1.165, 1.54) is 0 Å². The van der Waals surface area contributed by atoms with Crippen LogP contribution in [0.15, 0.2) is 0 Å². The summed E-state index contributed by atoms with van der Waals surface area (Å²) in [5.41, 5.74) is 5.67. The lowest BCUT2D eigenvalue weighted by Crippen LogP contribution is -2.59. The highest BCUT2D eigenvalue weighted by Gasteiger charge is 2.43. The van der Waals surface area contributed by atoms with Crippen molar-refractivity contribution in [3.63, 3.8) is 0 Å². The SMILES string of the molecule is CCCOC1C(N)CC1Oc1c(F)c(F)c(F)c(F)c1F. The number of ether oxygens (including phenoxy) is 2. The largest absolute Gasteiger partial charge is 0.481 e. The Labute approximate surface area is 117 Å². The second-order valence-electron chi connectivity index (χ2n) is 4.79. The number of benzene rings is 1. The second-order valence-corrected chi connectivity index (χ2v) is 4.79. The van der Waals surface area contributed by atoms with Gasteiger partial charge in [0.25, 0.3) is 0 Å². The Bertz CT molecular complexity index is 511. The summed E-state index contributed by atoms with van der Waals surface area (Å²) in [6.45, 7) is 2.21. The Kier molecular flexibility index (Phi) is 4.67. The van der Waals surface area contributed by atoms with Crippen molar-refractivity contribution in [3.05, 3.63) is 29.1 Å². The minimum atomic E-state index is -2.22. The predicted molar refractivity (Wildman–Crippen MR) is 63.3 cm³/mol. The average Bonchev–Trinajstić information content (AvgIpc) is 2.46. The molecule has 1 aliphatic rings. The highest BCUT2D eigenvalue weighted by Crippen LogP contribution is 2.34. The monoisotopic (exact) mass is 311 g/mol. The number of rotatable bonds is 5. The molecule has 118 valence electrons. The van der Waals surface area contributed by atoms with Crippen LogP contribution >= 0.6 is 0 Å². The zero-order valence-corrected chi connectivity index (χ0v) is 11.1. The quantitative estimate of drug-likeness (QED) is 0.516. The van der Waals surface area contributed by atoms with E-state index in [4.69, 9.17) is 15.2 Å². The van der Waals surface area contributed by atoms with Gasteiger partial charge < -0.3 is 15.2 Å². The Morgan fingerprint density at radius 3 is 2.00 bits per heavy atom. The summed E-state index contributed by atoms with van der Waals surface area (Å²) >= 11 is 0. The number of nitrogens with two attached hydrogens (primary N) is 1. The molecule has 0 aromatic heterocycles. The van der Waals surface area contributed by atoms with Gasteiger partial charge in [0.2, 0.25) is 29.1 Å². The van der Waals surface area contributed by atoms with Crippen LogP contribution in [-0.2, 0) is 4.74 Å². The van der Waals surface area contributed by atoms with Gasteiger partial charge in [-0.25, -0.2) is 13.2 Å². The van der Waals surface area contributed by atoms with Crippen molar-refractivity contribution in [3.8, 4) is 5.75 Å². The minimum absolute atomic E-state index is 0.202. The van der Waals surface area contributed by atoms with Crippen molar-refractivity contribution in [2.75, 3.05) is 6.61 Å². The Morgan fingerprint density at radius 2 is 1.52 bits per heavy atom. The third kappa shape index (κ3) is 2.82. The topological polar surface area (TPSA) is 44.5 Å². The molecule has 8 heteroatoms. The van der Waals surface area contributed by atoms with Gasteiger partial charge in [0.15, 0.2) is 5.75 Å². The van der Waals surface area contributed by atoms with Gasteiger partial charge in [-0.2, -0.15) is 8.78 Å². The van der Waals surface area contributed by atoms with Gasteiger partial charge >= 0.3 is 0 Å². The summed E-state index contributed by atoms with van der Waals surface area (Å²) in [7, 11) is 0. The normalized spacial score (nSPS) is 24.8. The van der Waals surface area contributed by atoms with Crippen molar-refractivity contribution in [2.45, 2.75) is 38.0 Å². The molecule has 3 unspecified atom stereocenters. The van der Waals surface area contributed by atoms with Crippen LogP contribution < -0.4 is 10.5 Å². The molecule has 1 fully saturated rings. The molecule has 2 N–H and O–H groups in total. The molecule has 3 atom stereocenters. The molecule has 1 aromatic carbocycles. The molecule has 0 bridgehead atoms. The van der Waals surface area contributed by atoms with Crippen LogP contribution in [0.25, 0.3) is 0 Å². The summed E-state index contributed by atoms with van der Waals surface area (Å²) < 4.78 is 76.2. The molecule has 1 saturated carbocycles. The number of hydrogen-bond donors (Lipinski definition) is 1. The maximum Gasteiger partial charge on any atom is 0.207 e. The van der Waals surface area contributed by atoms with Crippen LogP contribution in [0.3, 0.4) is 0 Å². The minimum Gasteiger partial charge on any atom is -0.481 e. The third-order valence-corrected chi connectivity index (χ3v) is 3.25. The first-order valence-electron chi connectivity index (χ1n) is 6.43. The van der Waals surface area contributed by atoms with Gasteiger partial charge in [0.1, 0.15) is 12.2 Å². The molecule has 0 heterocycles.